The summed E-state index contributed by atoms with van der Waals surface area (Å²) in [4.78, 5) is 11.0. The highest BCUT2D eigenvalue weighted by Gasteiger charge is 2.03. The molecule has 0 aliphatic rings. The van der Waals surface area contributed by atoms with Crippen LogP contribution in [-0.4, -0.2) is 18.5 Å². The second kappa shape index (κ2) is 7.56. The molecular weight excluding hydrogens is 176 g/mol. The normalized spacial score (nSPS) is 12.1. The molecule has 0 radical (unpaired) electrons. The summed E-state index contributed by atoms with van der Waals surface area (Å²) < 4.78 is 0. The Balaban J connectivity index is 3.73. The molecule has 0 aliphatic carbocycles. The van der Waals surface area contributed by atoms with E-state index in [4.69, 9.17) is 5.73 Å². The molecule has 82 valence electrons. The second-order valence-electron chi connectivity index (χ2n) is 3.71. The molecule has 0 heterocycles. The molecule has 0 fully saturated rings. The molecule has 0 bridgehead atoms. The third kappa shape index (κ3) is 6.66. The largest absolute Gasteiger partial charge is 0.366 e. The van der Waals surface area contributed by atoms with Crippen LogP contribution in [0.4, 0.5) is 0 Å². The first kappa shape index (κ1) is 13.2. The molecule has 1 amide bonds. The average molecular weight is 198 g/mol. The fourth-order valence-corrected chi connectivity index (χ4v) is 1.24. The Labute approximate surface area is 86.8 Å². The highest BCUT2D eigenvalue weighted by Crippen LogP contribution is 2.05. The molecule has 3 nitrogen and oxygen atoms in total. The zero-order valence-electron chi connectivity index (χ0n) is 9.47. The summed E-state index contributed by atoms with van der Waals surface area (Å²) in [5, 5.41) is 3.30. The number of nitrogens with one attached hydrogen (secondary N) is 1. The van der Waals surface area contributed by atoms with Crippen LogP contribution in [-0.2, 0) is 4.79 Å². The van der Waals surface area contributed by atoms with Gasteiger partial charge in [0.05, 0.1) is 0 Å². The van der Waals surface area contributed by atoms with Crippen LogP contribution < -0.4 is 11.1 Å². The Morgan fingerprint density at radius 1 is 1.50 bits per heavy atom. The number of rotatable bonds is 7. The van der Waals surface area contributed by atoms with Crippen molar-refractivity contribution in [2.45, 2.75) is 46.1 Å². The van der Waals surface area contributed by atoms with Crippen molar-refractivity contribution in [1.82, 2.24) is 5.32 Å². The minimum atomic E-state index is -0.281. The standard InChI is InChI=1S/C11H22N2O/c1-4-6-10(11(12)14)7-5-8-13-9(2)3/h6,9,13H,4-5,7-8H2,1-3H3,(H2,12,14). The lowest BCUT2D eigenvalue weighted by atomic mass is 10.1. The molecule has 0 aromatic rings. The lowest BCUT2D eigenvalue weighted by Crippen LogP contribution is -2.24. The van der Waals surface area contributed by atoms with Gasteiger partial charge < -0.3 is 11.1 Å². The van der Waals surface area contributed by atoms with Crippen molar-refractivity contribution in [3.8, 4) is 0 Å². The minimum Gasteiger partial charge on any atom is -0.366 e. The Morgan fingerprint density at radius 2 is 2.14 bits per heavy atom. The SMILES string of the molecule is CCC=C(CCCNC(C)C)C(N)=O. The van der Waals surface area contributed by atoms with E-state index in [9.17, 15) is 4.79 Å². The Kier molecular flexibility index (Phi) is 7.11. The van der Waals surface area contributed by atoms with Gasteiger partial charge in [-0.25, -0.2) is 0 Å². The molecule has 14 heavy (non-hydrogen) atoms. The van der Waals surface area contributed by atoms with Gasteiger partial charge in [0.25, 0.3) is 0 Å². The van der Waals surface area contributed by atoms with E-state index in [0.717, 1.165) is 31.4 Å². The average Bonchev–Trinajstić information content (AvgIpc) is 2.09. The van der Waals surface area contributed by atoms with Crippen molar-refractivity contribution in [2.24, 2.45) is 5.73 Å². The second-order valence-corrected chi connectivity index (χ2v) is 3.71. The van der Waals surface area contributed by atoms with Crippen LogP contribution in [0.3, 0.4) is 0 Å². The van der Waals surface area contributed by atoms with Crippen molar-refractivity contribution < 1.29 is 4.79 Å². The van der Waals surface area contributed by atoms with E-state index in [2.05, 4.69) is 19.2 Å². The van der Waals surface area contributed by atoms with Crippen LogP contribution in [0.25, 0.3) is 0 Å². The number of allylic oxidation sites excluding steroid dienone is 1. The third-order valence-corrected chi connectivity index (χ3v) is 1.94. The molecule has 0 atom stereocenters. The molecule has 3 N–H and O–H groups in total. The number of hydrogen-bond acceptors (Lipinski definition) is 2. The topological polar surface area (TPSA) is 55.1 Å². The maximum atomic E-state index is 11.0. The summed E-state index contributed by atoms with van der Waals surface area (Å²) in [5.41, 5.74) is 6.00. The van der Waals surface area contributed by atoms with Crippen LogP contribution >= 0.6 is 0 Å². The van der Waals surface area contributed by atoms with Gasteiger partial charge in [-0.3, -0.25) is 4.79 Å². The van der Waals surface area contributed by atoms with Gasteiger partial charge in [-0.05, 0) is 25.8 Å². The molecule has 0 saturated carbocycles. The van der Waals surface area contributed by atoms with Crippen LogP contribution in [0.5, 0.6) is 0 Å². The maximum absolute atomic E-state index is 11.0. The van der Waals surface area contributed by atoms with Gasteiger partial charge >= 0.3 is 0 Å². The molecule has 0 spiro atoms. The molecule has 0 aliphatic heterocycles. The number of carbonyl (C=O) groups is 1. The Bertz CT molecular complexity index is 197. The predicted molar refractivity (Wildman–Crippen MR) is 59.9 cm³/mol. The number of hydrogen-bond donors (Lipinski definition) is 2. The maximum Gasteiger partial charge on any atom is 0.244 e. The number of amides is 1. The van der Waals surface area contributed by atoms with Gasteiger partial charge in [0.2, 0.25) is 5.91 Å². The van der Waals surface area contributed by atoms with Crippen molar-refractivity contribution in [3.05, 3.63) is 11.6 Å². The predicted octanol–water partition coefficient (Wildman–Crippen LogP) is 1.59. The molecule has 0 aromatic heterocycles. The number of nitrogens with two attached hydrogens (primary N) is 1. The lowest BCUT2D eigenvalue weighted by molar-refractivity contribution is -0.114. The van der Waals surface area contributed by atoms with Gasteiger partial charge in [0.1, 0.15) is 0 Å². The zero-order valence-corrected chi connectivity index (χ0v) is 9.47. The van der Waals surface area contributed by atoms with Gasteiger partial charge in [-0.2, -0.15) is 0 Å². The minimum absolute atomic E-state index is 0.281. The summed E-state index contributed by atoms with van der Waals surface area (Å²) in [5.74, 6) is -0.281. The Morgan fingerprint density at radius 3 is 2.57 bits per heavy atom. The van der Waals surface area contributed by atoms with E-state index in [1.54, 1.807) is 0 Å². The van der Waals surface area contributed by atoms with E-state index in [1.807, 2.05) is 13.0 Å². The number of carbonyl (C=O) groups excluding carboxylic acids is 1. The fourth-order valence-electron chi connectivity index (χ4n) is 1.24. The van der Waals surface area contributed by atoms with Crippen LogP contribution in [0.15, 0.2) is 11.6 Å². The van der Waals surface area contributed by atoms with Crippen molar-refractivity contribution in [2.75, 3.05) is 6.54 Å². The molecule has 0 aromatic carbocycles. The van der Waals surface area contributed by atoms with Crippen LogP contribution in [0.1, 0.15) is 40.0 Å². The zero-order chi connectivity index (χ0) is 11.0. The van der Waals surface area contributed by atoms with Gasteiger partial charge in [0, 0.05) is 11.6 Å². The van der Waals surface area contributed by atoms with Crippen molar-refractivity contribution in [1.29, 1.82) is 0 Å². The van der Waals surface area contributed by atoms with Crippen molar-refractivity contribution in [3.63, 3.8) is 0 Å². The first-order chi connectivity index (χ1) is 6.57. The molecule has 0 unspecified atom stereocenters. The molecular formula is C11H22N2O. The summed E-state index contributed by atoms with van der Waals surface area (Å²) >= 11 is 0. The first-order valence-electron chi connectivity index (χ1n) is 5.30. The summed E-state index contributed by atoms with van der Waals surface area (Å²) in [7, 11) is 0. The highest BCUT2D eigenvalue weighted by atomic mass is 16.1. The number of primary amides is 1. The van der Waals surface area contributed by atoms with Gasteiger partial charge in [-0.1, -0.05) is 26.8 Å². The summed E-state index contributed by atoms with van der Waals surface area (Å²) in [6, 6.07) is 0.502. The van der Waals surface area contributed by atoms with E-state index in [0.29, 0.717) is 6.04 Å². The van der Waals surface area contributed by atoms with E-state index in [1.165, 1.54) is 0 Å². The Hall–Kier alpha value is -0.830. The van der Waals surface area contributed by atoms with Crippen molar-refractivity contribution >= 4 is 5.91 Å². The highest BCUT2D eigenvalue weighted by molar-refractivity contribution is 5.91. The smallest absolute Gasteiger partial charge is 0.244 e. The van der Waals surface area contributed by atoms with Gasteiger partial charge in [0.15, 0.2) is 0 Å². The molecule has 0 saturated heterocycles. The summed E-state index contributed by atoms with van der Waals surface area (Å²) in [6.45, 7) is 7.16. The first-order valence-corrected chi connectivity index (χ1v) is 5.30. The quantitative estimate of drug-likeness (QED) is 0.482. The van der Waals surface area contributed by atoms with Gasteiger partial charge in [-0.15, -0.1) is 0 Å². The molecule has 0 rings (SSSR count). The summed E-state index contributed by atoms with van der Waals surface area (Å²) in [6.07, 6.45) is 4.53. The van der Waals surface area contributed by atoms with E-state index >= 15 is 0 Å². The monoisotopic (exact) mass is 198 g/mol. The molecule has 3 heteroatoms. The van der Waals surface area contributed by atoms with E-state index < -0.39 is 0 Å². The lowest BCUT2D eigenvalue weighted by Gasteiger charge is -2.08. The fraction of sp³-hybridized carbons (Fsp3) is 0.727. The van der Waals surface area contributed by atoms with E-state index in [-0.39, 0.29) is 5.91 Å². The third-order valence-electron chi connectivity index (χ3n) is 1.94. The van der Waals surface area contributed by atoms with Crippen LogP contribution in [0.2, 0.25) is 0 Å². The van der Waals surface area contributed by atoms with Crippen LogP contribution in [0, 0.1) is 0 Å².